The second-order valence-electron chi connectivity index (χ2n) is 5.21. The average molecular weight is 243 g/mol. The molecule has 1 aliphatic rings. The van der Waals surface area contributed by atoms with Gasteiger partial charge in [0.2, 0.25) is 5.91 Å². The Hall–Kier alpha value is -0.610. The van der Waals surface area contributed by atoms with Gasteiger partial charge in [0, 0.05) is 26.7 Å². The van der Waals surface area contributed by atoms with Gasteiger partial charge in [0.1, 0.15) is 0 Å². The fraction of sp³-hybridized carbons (Fsp3) is 0.923. The number of amides is 1. The summed E-state index contributed by atoms with van der Waals surface area (Å²) in [6.07, 6.45) is 5.24. The van der Waals surface area contributed by atoms with Gasteiger partial charge in [0.05, 0.1) is 6.54 Å². The number of hydrogen-bond acceptors (Lipinski definition) is 3. The van der Waals surface area contributed by atoms with Crippen LogP contribution in [0, 0.1) is 5.41 Å². The third-order valence-electron chi connectivity index (χ3n) is 3.77. The van der Waals surface area contributed by atoms with Gasteiger partial charge in [-0.25, -0.2) is 0 Å². The summed E-state index contributed by atoms with van der Waals surface area (Å²) in [6, 6.07) is 0. The van der Waals surface area contributed by atoms with Crippen molar-refractivity contribution < 1.29 is 14.3 Å². The van der Waals surface area contributed by atoms with Gasteiger partial charge in [0.25, 0.3) is 0 Å². The summed E-state index contributed by atoms with van der Waals surface area (Å²) in [5.41, 5.74) is -0.182. The number of carbonyl (C=O) groups is 1. The number of methoxy groups -OCH3 is 2. The molecule has 1 fully saturated rings. The number of carbonyl (C=O) groups excluding carboxylic acids is 1. The Kier molecular flexibility index (Phi) is 5.40. The standard InChI is InChI=1S/C13H25NO3/c1-13(8-6-5-7-9-13)12(15)14(2)10-11(16-3)17-4/h11H,5-10H2,1-4H3. The summed E-state index contributed by atoms with van der Waals surface area (Å²) >= 11 is 0. The van der Waals surface area contributed by atoms with Gasteiger partial charge in [-0.2, -0.15) is 0 Å². The van der Waals surface area contributed by atoms with Crippen molar-refractivity contribution in [2.24, 2.45) is 5.41 Å². The fourth-order valence-corrected chi connectivity index (χ4v) is 2.56. The molecule has 1 saturated carbocycles. The highest BCUT2D eigenvalue weighted by molar-refractivity contribution is 5.82. The molecular weight excluding hydrogens is 218 g/mol. The van der Waals surface area contributed by atoms with Crippen LogP contribution in [-0.4, -0.2) is 44.9 Å². The monoisotopic (exact) mass is 243 g/mol. The van der Waals surface area contributed by atoms with E-state index >= 15 is 0 Å². The first-order valence-electron chi connectivity index (χ1n) is 6.34. The third-order valence-corrected chi connectivity index (χ3v) is 3.77. The van der Waals surface area contributed by atoms with Gasteiger partial charge in [-0.3, -0.25) is 4.79 Å². The Morgan fingerprint density at radius 3 is 2.24 bits per heavy atom. The van der Waals surface area contributed by atoms with Gasteiger partial charge in [0.15, 0.2) is 6.29 Å². The second-order valence-corrected chi connectivity index (χ2v) is 5.21. The highest BCUT2D eigenvalue weighted by Crippen LogP contribution is 2.37. The first kappa shape index (κ1) is 14.5. The van der Waals surface area contributed by atoms with Crippen LogP contribution in [0.4, 0.5) is 0 Å². The molecule has 0 atom stereocenters. The molecule has 1 amide bonds. The third kappa shape index (κ3) is 3.68. The van der Waals surface area contributed by atoms with E-state index in [2.05, 4.69) is 6.92 Å². The molecule has 1 rings (SSSR count). The molecule has 0 unspecified atom stereocenters. The van der Waals surface area contributed by atoms with E-state index in [-0.39, 0.29) is 17.6 Å². The van der Waals surface area contributed by atoms with Crippen LogP contribution in [0.5, 0.6) is 0 Å². The van der Waals surface area contributed by atoms with Crippen LogP contribution in [-0.2, 0) is 14.3 Å². The van der Waals surface area contributed by atoms with E-state index in [0.29, 0.717) is 6.54 Å². The van der Waals surface area contributed by atoms with E-state index in [1.165, 1.54) is 6.42 Å². The van der Waals surface area contributed by atoms with Crippen LogP contribution in [0.2, 0.25) is 0 Å². The van der Waals surface area contributed by atoms with Crippen LogP contribution in [0.25, 0.3) is 0 Å². The molecule has 0 bridgehead atoms. The molecule has 4 nitrogen and oxygen atoms in total. The number of ether oxygens (including phenoxy) is 2. The number of hydrogen-bond donors (Lipinski definition) is 0. The highest BCUT2D eigenvalue weighted by Gasteiger charge is 2.36. The van der Waals surface area contributed by atoms with Crippen LogP contribution in [0.15, 0.2) is 0 Å². The van der Waals surface area contributed by atoms with E-state index in [0.717, 1.165) is 25.7 Å². The summed E-state index contributed by atoms with van der Waals surface area (Å²) in [7, 11) is 5.01. The van der Waals surface area contributed by atoms with Crippen molar-refractivity contribution >= 4 is 5.91 Å². The average Bonchev–Trinajstić information content (AvgIpc) is 2.35. The lowest BCUT2D eigenvalue weighted by Gasteiger charge is -2.36. The second kappa shape index (κ2) is 6.36. The van der Waals surface area contributed by atoms with Crippen LogP contribution < -0.4 is 0 Å². The highest BCUT2D eigenvalue weighted by atomic mass is 16.7. The van der Waals surface area contributed by atoms with Gasteiger partial charge >= 0.3 is 0 Å². The molecule has 17 heavy (non-hydrogen) atoms. The van der Waals surface area contributed by atoms with E-state index in [1.54, 1.807) is 19.1 Å². The van der Waals surface area contributed by atoms with Crippen molar-refractivity contribution in [3.8, 4) is 0 Å². The molecule has 4 heteroatoms. The fourth-order valence-electron chi connectivity index (χ4n) is 2.56. The van der Waals surface area contributed by atoms with Crippen molar-refractivity contribution in [2.45, 2.75) is 45.3 Å². The van der Waals surface area contributed by atoms with Crippen molar-refractivity contribution in [1.29, 1.82) is 0 Å². The topological polar surface area (TPSA) is 38.8 Å². The largest absolute Gasteiger partial charge is 0.354 e. The van der Waals surface area contributed by atoms with Crippen molar-refractivity contribution in [3.63, 3.8) is 0 Å². The number of rotatable bonds is 5. The predicted molar refractivity (Wildman–Crippen MR) is 66.6 cm³/mol. The first-order chi connectivity index (χ1) is 8.03. The Morgan fingerprint density at radius 1 is 1.24 bits per heavy atom. The molecule has 0 heterocycles. The summed E-state index contributed by atoms with van der Waals surface area (Å²) in [5.74, 6) is 0.219. The Bertz CT molecular complexity index is 245. The molecule has 0 saturated heterocycles. The first-order valence-corrected chi connectivity index (χ1v) is 6.34. The summed E-state index contributed by atoms with van der Waals surface area (Å²) < 4.78 is 10.2. The molecular formula is C13H25NO3. The minimum atomic E-state index is -0.337. The quantitative estimate of drug-likeness (QED) is 0.694. The van der Waals surface area contributed by atoms with Crippen molar-refractivity contribution in [2.75, 3.05) is 27.8 Å². The molecule has 0 aromatic carbocycles. The molecule has 0 radical (unpaired) electrons. The van der Waals surface area contributed by atoms with Crippen molar-refractivity contribution in [3.05, 3.63) is 0 Å². The normalized spacial score (nSPS) is 19.4. The zero-order chi connectivity index (χ0) is 12.9. The van der Waals surface area contributed by atoms with Gasteiger partial charge in [-0.05, 0) is 12.8 Å². The molecule has 0 aromatic rings. The summed E-state index contributed by atoms with van der Waals surface area (Å²) in [6.45, 7) is 2.57. The molecule has 0 N–H and O–H groups in total. The van der Waals surface area contributed by atoms with Crippen LogP contribution >= 0.6 is 0 Å². The smallest absolute Gasteiger partial charge is 0.228 e. The minimum Gasteiger partial charge on any atom is -0.354 e. The summed E-state index contributed by atoms with van der Waals surface area (Å²) in [5, 5.41) is 0. The van der Waals surface area contributed by atoms with Gasteiger partial charge in [-0.15, -0.1) is 0 Å². The van der Waals surface area contributed by atoms with Crippen LogP contribution in [0.3, 0.4) is 0 Å². The number of nitrogens with zero attached hydrogens (tertiary/aromatic N) is 1. The van der Waals surface area contributed by atoms with E-state index < -0.39 is 0 Å². The lowest BCUT2D eigenvalue weighted by atomic mass is 9.75. The Morgan fingerprint density at radius 2 is 1.76 bits per heavy atom. The lowest BCUT2D eigenvalue weighted by Crippen LogP contribution is -2.45. The predicted octanol–water partition coefficient (Wildman–Crippen LogP) is 2.03. The summed E-state index contributed by atoms with van der Waals surface area (Å²) in [4.78, 5) is 14.1. The zero-order valence-electron chi connectivity index (χ0n) is 11.5. The van der Waals surface area contributed by atoms with Crippen molar-refractivity contribution in [1.82, 2.24) is 4.90 Å². The van der Waals surface area contributed by atoms with E-state index in [4.69, 9.17) is 9.47 Å². The number of likely N-dealkylation sites (N-methyl/N-ethyl adjacent to an activating group) is 1. The van der Waals surface area contributed by atoms with Crippen LogP contribution in [0.1, 0.15) is 39.0 Å². The minimum absolute atomic E-state index is 0.182. The Balaban J connectivity index is 2.55. The molecule has 1 aliphatic carbocycles. The molecule has 0 aliphatic heterocycles. The Labute approximate surface area is 104 Å². The molecule has 0 aromatic heterocycles. The van der Waals surface area contributed by atoms with E-state index in [1.807, 2.05) is 7.05 Å². The van der Waals surface area contributed by atoms with E-state index in [9.17, 15) is 4.79 Å². The maximum absolute atomic E-state index is 12.4. The van der Waals surface area contributed by atoms with Gasteiger partial charge < -0.3 is 14.4 Å². The lowest BCUT2D eigenvalue weighted by molar-refractivity contribution is -0.153. The van der Waals surface area contributed by atoms with Gasteiger partial charge in [-0.1, -0.05) is 26.2 Å². The molecule has 0 spiro atoms. The maximum atomic E-state index is 12.4. The zero-order valence-corrected chi connectivity index (χ0v) is 11.5. The SMILES string of the molecule is COC(CN(C)C(=O)C1(C)CCCCC1)OC. The molecule has 100 valence electrons. The maximum Gasteiger partial charge on any atom is 0.228 e.